The van der Waals surface area contributed by atoms with E-state index in [0.29, 0.717) is 32.8 Å². The number of carbonyl (C=O) groups excluding carboxylic acids is 2. The monoisotopic (exact) mass is 473 g/mol. The van der Waals surface area contributed by atoms with Gasteiger partial charge < -0.3 is 9.47 Å². The lowest BCUT2D eigenvalue weighted by molar-refractivity contribution is -0.132. The number of hydrogen-bond donors (Lipinski definition) is 1. The SMILES string of the molecule is COc1ccc(/C=C2\SC(=Nc3ccccc3)N(NC(=O)Cc3ccccc3)C2=O)c(OC)c1. The molecule has 0 bridgehead atoms. The van der Waals surface area contributed by atoms with Crippen molar-refractivity contribution in [3.63, 3.8) is 0 Å². The highest BCUT2D eigenvalue weighted by atomic mass is 32.2. The number of hydrogen-bond acceptors (Lipinski definition) is 6. The summed E-state index contributed by atoms with van der Waals surface area (Å²) in [5, 5.41) is 1.56. The summed E-state index contributed by atoms with van der Waals surface area (Å²) in [4.78, 5) is 31.0. The highest BCUT2D eigenvalue weighted by Gasteiger charge is 2.35. The number of benzene rings is 3. The Balaban J connectivity index is 1.64. The molecule has 0 radical (unpaired) electrons. The number of hydrazine groups is 1. The summed E-state index contributed by atoms with van der Waals surface area (Å²) in [6.45, 7) is 0. The third kappa shape index (κ3) is 5.47. The molecule has 0 aliphatic carbocycles. The van der Waals surface area contributed by atoms with Crippen LogP contribution >= 0.6 is 11.8 Å². The standard InChI is InChI=1S/C26H23N3O4S/c1-32-21-14-13-19(22(17-21)33-2)16-23-25(31)29(26(34-23)27-20-11-7-4-8-12-20)28-24(30)15-18-9-5-3-6-10-18/h3-14,16-17H,15H2,1-2H3,(H,28,30)/b23-16-,27-26?. The van der Waals surface area contributed by atoms with Crippen molar-refractivity contribution in [1.82, 2.24) is 10.4 Å². The summed E-state index contributed by atoms with van der Waals surface area (Å²) in [7, 11) is 3.13. The van der Waals surface area contributed by atoms with Crippen molar-refractivity contribution in [1.29, 1.82) is 0 Å². The minimum Gasteiger partial charge on any atom is -0.497 e. The van der Waals surface area contributed by atoms with E-state index in [2.05, 4.69) is 10.4 Å². The Kier molecular flexibility index (Phi) is 7.29. The van der Waals surface area contributed by atoms with Crippen molar-refractivity contribution >= 4 is 40.5 Å². The van der Waals surface area contributed by atoms with Crippen LogP contribution in [0.1, 0.15) is 11.1 Å². The summed E-state index contributed by atoms with van der Waals surface area (Å²) < 4.78 is 10.7. The Morgan fingerprint density at radius 3 is 2.38 bits per heavy atom. The van der Waals surface area contributed by atoms with Gasteiger partial charge in [-0.15, -0.1) is 0 Å². The highest BCUT2D eigenvalue weighted by Crippen LogP contribution is 2.35. The Hall–Kier alpha value is -4.04. The number of nitrogens with zero attached hydrogens (tertiary/aromatic N) is 2. The van der Waals surface area contributed by atoms with Gasteiger partial charge in [0.1, 0.15) is 11.5 Å². The summed E-state index contributed by atoms with van der Waals surface area (Å²) in [5.74, 6) is 0.516. The van der Waals surface area contributed by atoms with Crippen LogP contribution in [-0.2, 0) is 16.0 Å². The Morgan fingerprint density at radius 1 is 1.00 bits per heavy atom. The molecule has 1 saturated heterocycles. The lowest BCUT2D eigenvalue weighted by Gasteiger charge is -2.16. The summed E-state index contributed by atoms with van der Waals surface area (Å²) in [6.07, 6.45) is 1.86. The normalized spacial score (nSPS) is 15.6. The third-order valence-electron chi connectivity index (χ3n) is 4.96. The molecule has 1 aliphatic heterocycles. The zero-order valence-electron chi connectivity index (χ0n) is 18.7. The first kappa shape index (κ1) is 23.1. The van der Waals surface area contributed by atoms with E-state index in [1.165, 1.54) is 16.8 Å². The quantitative estimate of drug-likeness (QED) is 0.508. The molecular formula is C26H23N3O4S. The topological polar surface area (TPSA) is 80.2 Å². The number of methoxy groups -OCH3 is 2. The van der Waals surface area contributed by atoms with Gasteiger partial charge in [-0.3, -0.25) is 15.0 Å². The smallest absolute Gasteiger partial charge is 0.285 e. The van der Waals surface area contributed by atoms with Crippen LogP contribution in [-0.4, -0.2) is 36.2 Å². The zero-order chi connectivity index (χ0) is 23.9. The van der Waals surface area contributed by atoms with E-state index in [9.17, 15) is 9.59 Å². The molecule has 1 aliphatic rings. The Labute approximate surface area is 202 Å². The molecule has 1 N–H and O–H groups in total. The van der Waals surface area contributed by atoms with Crippen LogP contribution in [0, 0.1) is 0 Å². The second-order valence-electron chi connectivity index (χ2n) is 7.29. The second-order valence-corrected chi connectivity index (χ2v) is 8.30. The molecule has 1 fully saturated rings. The van der Waals surface area contributed by atoms with Crippen LogP contribution in [0.2, 0.25) is 0 Å². The number of amidine groups is 1. The van der Waals surface area contributed by atoms with E-state index in [-0.39, 0.29) is 18.2 Å². The zero-order valence-corrected chi connectivity index (χ0v) is 19.5. The molecule has 0 unspecified atom stereocenters. The van der Waals surface area contributed by atoms with Crippen LogP contribution < -0.4 is 14.9 Å². The van der Waals surface area contributed by atoms with E-state index in [1.54, 1.807) is 32.4 Å². The molecule has 2 amide bonds. The molecule has 8 heteroatoms. The maximum Gasteiger partial charge on any atom is 0.285 e. The van der Waals surface area contributed by atoms with Gasteiger partial charge in [0, 0.05) is 11.6 Å². The van der Waals surface area contributed by atoms with Crippen LogP contribution in [0.5, 0.6) is 11.5 Å². The maximum atomic E-state index is 13.3. The minimum absolute atomic E-state index is 0.138. The molecule has 3 aromatic carbocycles. The fourth-order valence-electron chi connectivity index (χ4n) is 3.28. The minimum atomic E-state index is -0.376. The van der Waals surface area contributed by atoms with Gasteiger partial charge >= 0.3 is 0 Å². The molecule has 3 aromatic rings. The average molecular weight is 474 g/mol. The van der Waals surface area contributed by atoms with E-state index < -0.39 is 0 Å². The summed E-state index contributed by atoms with van der Waals surface area (Å²) >= 11 is 1.18. The third-order valence-corrected chi connectivity index (χ3v) is 5.93. The number of rotatable bonds is 7. The highest BCUT2D eigenvalue weighted by molar-refractivity contribution is 8.18. The number of carbonyl (C=O) groups is 2. The Morgan fingerprint density at radius 2 is 1.71 bits per heavy atom. The summed E-state index contributed by atoms with van der Waals surface area (Å²) in [5.41, 5.74) is 4.93. The van der Waals surface area contributed by atoms with Gasteiger partial charge in [0.25, 0.3) is 5.91 Å². The number of nitrogens with one attached hydrogen (secondary N) is 1. The van der Waals surface area contributed by atoms with Gasteiger partial charge in [0.15, 0.2) is 5.17 Å². The van der Waals surface area contributed by atoms with Gasteiger partial charge in [-0.2, -0.15) is 5.01 Å². The van der Waals surface area contributed by atoms with Crippen LogP contribution in [0.4, 0.5) is 5.69 Å². The van der Waals surface area contributed by atoms with Crippen molar-refractivity contribution in [3.8, 4) is 11.5 Å². The predicted molar refractivity (Wildman–Crippen MR) is 134 cm³/mol. The van der Waals surface area contributed by atoms with E-state index in [4.69, 9.17) is 9.47 Å². The molecule has 34 heavy (non-hydrogen) atoms. The first-order valence-electron chi connectivity index (χ1n) is 10.5. The van der Waals surface area contributed by atoms with Gasteiger partial charge in [-0.25, -0.2) is 4.99 Å². The number of aliphatic imine (C=N–C) groups is 1. The molecule has 1 heterocycles. The van der Waals surface area contributed by atoms with Gasteiger partial charge in [0.2, 0.25) is 5.91 Å². The van der Waals surface area contributed by atoms with Gasteiger partial charge in [-0.1, -0.05) is 48.5 Å². The number of para-hydroxylation sites is 1. The maximum absolute atomic E-state index is 13.3. The lowest BCUT2D eigenvalue weighted by Crippen LogP contribution is -2.46. The van der Waals surface area contributed by atoms with Crippen LogP contribution in [0.25, 0.3) is 6.08 Å². The van der Waals surface area contributed by atoms with E-state index in [0.717, 1.165) is 5.56 Å². The van der Waals surface area contributed by atoms with Crippen LogP contribution in [0.15, 0.2) is 88.8 Å². The van der Waals surface area contributed by atoms with Crippen molar-refractivity contribution in [2.24, 2.45) is 4.99 Å². The fourth-order valence-corrected chi connectivity index (χ4v) is 4.22. The molecule has 172 valence electrons. The van der Waals surface area contributed by atoms with Crippen molar-refractivity contribution in [2.75, 3.05) is 14.2 Å². The van der Waals surface area contributed by atoms with Crippen molar-refractivity contribution in [3.05, 3.63) is 94.9 Å². The first-order chi connectivity index (χ1) is 16.6. The Bertz CT molecular complexity index is 1240. The van der Waals surface area contributed by atoms with Crippen molar-refractivity contribution < 1.29 is 19.1 Å². The number of amides is 2. The average Bonchev–Trinajstić information content (AvgIpc) is 3.14. The number of ether oxygens (including phenoxy) is 2. The summed E-state index contributed by atoms with van der Waals surface area (Å²) in [6, 6.07) is 23.9. The molecule has 0 atom stereocenters. The largest absolute Gasteiger partial charge is 0.497 e. The van der Waals surface area contributed by atoms with Crippen LogP contribution in [0.3, 0.4) is 0 Å². The molecular weight excluding hydrogens is 450 g/mol. The van der Waals surface area contributed by atoms with Gasteiger partial charge in [0.05, 0.1) is 31.2 Å². The van der Waals surface area contributed by atoms with Crippen molar-refractivity contribution in [2.45, 2.75) is 6.42 Å². The first-order valence-corrected chi connectivity index (χ1v) is 11.3. The van der Waals surface area contributed by atoms with E-state index >= 15 is 0 Å². The number of thioether (sulfide) groups is 1. The molecule has 4 rings (SSSR count). The molecule has 0 aromatic heterocycles. The predicted octanol–water partition coefficient (Wildman–Crippen LogP) is 4.58. The fraction of sp³-hybridized carbons (Fsp3) is 0.115. The van der Waals surface area contributed by atoms with E-state index in [1.807, 2.05) is 66.7 Å². The molecule has 7 nitrogen and oxygen atoms in total. The lowest BCUT2D eigenvalue weighted by atomic mass is 10.1. The molecule has 0 spiro atoms. The molecule has 0 saturated carbocycles. The van der Waals surface area contributed by atoms with Gasteiger partial charge in [-0.05, 0) is 47.7 Å². The second kappa shape index (κ2) is 10.7.